The van der Waals surface area contributed by atoms with Gasteiger partial charge in [0, 0.05) is 6.42 Å². The van der Waals surface area contributed by atoms with Gasteiger partial charge in [-0.05, 0) is 6.42 Å². The minimum absolute atomic E-state index is 0.240. The molecule has 1 atom stereocenters. The van der Waals surface area contributed by atoms with Gasteiger partial charge in [0.05, 0.1) is 0 Å². The molecule has 79 valence electrons. The lowest BCUT2D eigenvalue weighted by molar-refractivity contribution is -0.143. The van der Waals surface area contributed by atoms with Gasteiger partial charge >= 0.3 is 11.9 Å². The molecule has 0 aliphatic heterocycles. The van der Waals surface area contributed by atoms with E-state index in [4.69, 9.17) is 10.2 Å². The fourth-order valence-corrected chi connectivity index (χ4v) is 0.761. The Kier molecular flexibility index (Phi) is 5.23. The lowest BCUT2D eigenvalue weighted by Crippen LogP contribution is -2.42. The van der Waals surface area contributed by atoms with Crippen molar-refractivity contribution < 1.29 is 29.7 Å². The first kappa shape index (κ1) is 12.4. The summed E-state index contributed by atoms with van der Waals surface area (Å²) in [6.45, 7) is -1.07. The zero-order valence-corrected chi connectivity index (χ0v) is 7.23. The average Bonchev–Trinajstić information content (AvgIpc) is 2.10. The van der Waals surface area contributed by atoms with E-state index in [-0.39, 0.29) is 12.8 Å². The molecule has 0 aliphatic rings. The molecule has 14 heavy (non-hydrogen) atoms. The number of amides is 1. The molecule has 0 aliphatic carbocycles. The van der Waals surface area contributed by atoms with Crippen molar-refractivity contribution >= 4 is 17.8 Å². The third-order valence-electron chi connectivity index (χ3n) is 1.41. The van der Waals surface area contributed by atoms with Crippen LogP contribution in [-0.2, 0) is 19.5 Å². The van der Waals surface area contributed by atoms with E-state index in [1.807, 2.05) is 5.32 Å². The summed E-state index contributed by atoms with van der Waals surface area (Å²) >= 11 is 0. The number of carboxylic acid groups (broad SMARTS) is 2. The molecule has 1 unspecified atom stereocenters. The molecule has 0 aromatic carbocycles. The maximum absolute atomic E-state index is 10.5. The molecule has 0 rings (SSSR count). The van der Waals surface area contributed by atoms with Crippen molar-refractivity contribution in [1.29, 1.82) is 0 Å². The SMILES string of the molecule is [O]CC(=O)NC(CCC(=O)O)C(=O)O. The van der Waals surface area contributed by atoms with E-state index in [1.54, 1.807) is 0 Å². The molecule has 0 saturated heterocycles. The standard InChI is InChI=1S/C7H10NO6/c9-3-5(10)8-4(7(13)14)1-2-6(11)12/h4H,1-3H2,(H,8,10)(H,11,12)(H,13,14). The van der Waals surface area contributed by atoms with Crippen molar-refractivity contribution in [2.24, 2.45) is 0 Å². The summed E-state index contributed by atoms with van der Waals surface area (Å²) < 4.78 is 0. The lowest BCUT2D eigenvalue weighted by atomic mass is 10.1. The van der Waals surface area contributed by atoms with Crippen LogP contribution in [-0.4, -0.2) is 40.7 Å². The van der Waals surface area contributed by atoms with E-state index in [0.29, 0.717) is 0 Å². The summed E-state index contributed by atoms with van der Waals surface area (Å²) in [5, 5.41) is 28.7. The zero-order chi connectivity index (χ0) is 11.1. The minimum atomic E-state index is -1.35. The van der Waals surface area contributed by atoms with Crippen LogP contribution >= 0.6 is 0 Å². The van der Waals surface area contributed by atoms with Crippen molar-refractivity contribution in [2.75, 3.05) is 6.61 Å². The Balaban J connectivity index is 4.09. The van der Waals surface area contributed by atoms with Crippen molar-refractivity contribution in [1.82, 2.24) is 5.32 Å². The Morgan fingerprint density at radius 2 is 1.79 bits per heavy atom. The van der Waals surface area contributed by atoms with Crippen molar-refractivity contribution in [3.05, 3.63) is 0 Å². The van der Waals surface area contributed by atoms with E-state index in [1.165, 1.54) is 0 Å². The highest BCUT2D eigenvalue weighted by molar-refractivity contribution is 5.84. The van der Waals surface area contributed by atoms with Crippen LogP contribution < -0.4 is 5.32 Å². The summed E-state index contributed by atoms with van der Waals surface area (Å²) in [6.07, 6.45) is -0.619. The van der Waals surface area contributed by atoms with Crippen LogP contribution in [0.15, 0.2) is 0 Å². The first-order valence-electron chi connectivity index (χ1n) is 3.79. The quantitative estimate of drug-likeness (QED) is 0.504. The van der Waals surface area contributed by atoms with Crippen molar-refractivity contribution in [3.63, 3.8) is 0 Å². The number of carbonyl (C=O) groups is 3. The van der Waals surface area contributed by atoms with Gasteiger partial charge in [0.2, 0.25) is 5.91 Å². The molecule has 0 aromatic rings. The maximum Gasteiger partial charge on any atom is 0.326 e. The number of aliphatic carboxylic acids is 2. The zero-order valence-electron chi connectivity index (χ0n) is 7.23. The number of carbonyl (C=O) groups excluding carboxylic acids is 1. The van der Waals surface area contributed by atoms with Crippen molar-refractivity contribution in [3.8, 4) is 0 Å². The van der Waals surface area contributed by atoms with Gasteiger partial charge in [0.1, 0.15) is 6.04 Å². The van der Waals surface area contributed by atoms with Gasteiger partial charge in [-0.1, -0.05) is 0 Å². The van der Waals surface area contributed by atoms with Crippen LogP contribution in [0.25, 0.3) is 0 Å². The van der Waals surface area contributed by atoms with Crippen LogP contribution in [0.4, 0.5) is 0 Å². The monoisotopic (exact) mass is 204 g/mol. The Morgan fingerprint density at radius 1 is 1.21 bits per heavy atom. The Bertz CT molecular complexity index is 238. The fraction of sp³-hybridized carbons (Fsp3) is 0.571. The van der Waals surface area contributed by atoms with E-state index in [2.05, 4.69) is 0 Å². The predicted molar refractivity (Wildman–Crippen MR) is 42.0 cm³/mol. The molecule has 0 heterocycles. The minimum Gasteiger partial charge on any atom is -0.481 e. The van der Waals surface area contributed by atoms with Gasteiger partial charge in [0.15, 0.2) is 6.61 Å². The normalized spacial score (nSPS) is 11.8. The molecule has 1 radical (unpaired) electrons. The van der Waals surface area contributed by atoms with Gasteiger partial charge in [0.25, 0.3) is 0 Å². The second-order valence-electron chi connectivity index (χ2n) is 2.54. The maximum atomic E-state index is 10.5. The summed E-state index contributed by atoms with van der Waals surface area (Å²) in [4.78, 5) is 31.1. The highest BCUT2D eigenvalue weighted by atomic mass is 16.4. The second kappa shape index (κ2) is 5.92. The number of rotatable bonds is 6. The van der Waals surface area contributed by atoms with Gasteiger partial charge in [-0.3, -0.25) is 9.59 Å². The molecule has 0 saturated carbocycles. The molecule has 0 fully saturated rings. The predicted octanol–water partition coefficient (Wildman–Crippen LogP) is -1.15. The first-order chi connectivity index (χ1) is 6.47. The van der Waals surface area contributed by atoms with E-state index in [0.717, 1.165) is 0 Å². The second-order valence-corrected chi connectivity index (χ2v) is 2.54. The number of nitrogens with one attached hydrogen (secondary N) is 1. The summed E-state index contributed by atoms with van der Waals surface area (Å²) in [5.41, 5.74) is 0. The molecule has 3 N–H and O–H groups in total. The average molecular weight is 204 g/mol. The molecular weight excluding hydrogens is 194 g/mol. The molecule has 0 bridgehead atoms. The van der Waals surface area contributed by atoms with Gasteiger partial charge < -0.3 is 15.5 Å². The van der Waals surface area contributed by atoms with Crippen LogP contribution in [0.1, 0.15) is 12.8 Å². The van der Waals surface area contributed by atoms with Crippen LogP contribution in [0, 0.1) is 0 Å². The van der Waals surface area contributed by atoms with Crippen LogP contribution in [0.3, 0.4) is 0 Å². The largest absolute Gasteiger partial charge is 0.481 e. The fourth-order valence-electron chi connectivity index (χ4n) is 0.761. The third-order valence-corrected chi connectivity index (χ3v) is 1.41. The van der Waals surface area contributed by atoms with Crippen LogP contribution in [0.2, 0.25) is 0 Å². The topological polar surface area (TPSA) is 124 Å². The number of hydrogen-bond acceptors (Lipinski definition) is 3. The number of hydrogen-bond donors (Lipinski definition) is 3. The van der Waals surface area contributed by atoms with Gasteiger partial charge in [-0.15, -0.1) is 0 Å². The van der Waals surface area contributed by atoms with Crippen molar-refractivity contribution in [2.45, 2.75) is 18.9 Å². The first-order valence-corrected chi connectivity index (χ1v) is 3.79. The number of carboxylic acids is 2. The van der Waals surface area contributed by atoms with E-state index < -0.39 is 30.5 Å². The Hall–Kier alpha value is -1.63. The van der Waals surface area contributed by atoms with E-state index in [9.17, 15) is 19.5 Å². The van der Waals surface area contributed by atoms with Gasteiger partial charge in [-0.25, -0.2) is 9.90 Å². The van der Waals surface area contributed by atoms with Gasteiger partial charge in [-0.2, -0.15) is 0 Å². The highest BCUT2D eigenvalue weighted by Gasteiger charge is 2.20. The molecule has 7 nitrogen and oxygen atoms in total. The molecule has 0 aromatic heterocycles. The highest BCUT2D eigenvalue weighted by Crippen LogP contribution is 1.97. The lowest BCUT2D eigenvalue weighted by Gasteiger charge is -2.11. The van der Waals surface area contributed by atoms with Crippen LogP contribution in [0.5, 0.6) is 0 Å². The summed E-state index contributed by atoms with van der Waals surface area (Å²) in [5.74, 6) is -3.47. The smallest absolute Gasteiger partial charge is 0.326 e. The Morgan fingerprint density at radius 3 is 2.14 bits per heavy atom. The third kappa shape index (κ3) is 5.09. The molecule has 7 heteroatoms. The summed E-state index contributed by atoms with van der Waals surface area (Å²) in [6, 6.07) is -1.31. The summed E-state index contributed by atoms with van der Waals surface area (Å²) in [7, 11) is 0. The van der Waals surface area contributed by atoms with E-state index >= 15 is 0 Å². The molecule has 1 amide bonds. The molecule has 0 spiro atoms. The Labute approximate surface area is 79.3 Å². The molecular formula is C7H10NO6.